The van der Waals surface area contributed by atoms with Crippen molar-refractivity contribution < 1.29 is 0 Å². The molecule has 2 heteroatoms. The van der Waals surface area contributed by atoms with Gasteiger partial charge in [-0.15, -0.1) is 6.58 Å². The molecule has 1 unspecified atom stereocenters. The van der Waals surface area contributed by atoms with Crippen LogP contribution in [0, 0.1) is 17.2 Å². The van der Waals surface area contributed by atoms with Crippen LogP contribution in [-0.2, 0) is 0 Å². The average Bonchev–Trinajstić information content (AvgIpc) is 2.00. The lowest BCUT2D eigenvalue weighted by Gasteiger charge is -2.16. The van der Waals surface area contributed by atoms with Gasteiger partial charge in [0.05, 0.1) is 12.0 Å². The summed E-state index contributed by atoms with van der Waals surface area (Å²) < 4.78 is 0. The van der Waals surface area contributed by atoms with Crippen LogP contribution in [-0.4, -0.2) is 25.0 Å². The molecule has 0 heterocycles. The van der Waals surface area contributed by atoms with Gasteiger partial charge in [-0.2, -0.15) is 5.26 Å². The molecule has 0 fully saturated rings. The molecule has 62 valence electrons. The van der Waals surface area contributed by atoms with Crippen molar-refractivity contribution in [3.8, 4) is 6.07 Å². The molecule has 0 aromatic carbocycles. The Morgan fingerprint density at radius 1 is 1.73 bits per heavy atom. The van der Waals surface area contributed by atoms with Gasteiger partial charge in [0, 0.05) is 13.1 Å². The Morgan fingerprint density at radius 3 is 2.82 bits per heavy atom. The van der Waals surface area contributed by atoms with E-state index in [0.29, 0.717) is 0 Å². The highest BCUT2D eigenvalue weighted by Gasteiger charge is 2.02. The minimum Gasteiger partial charge on any atom is -0.305 e. The van der Waals surface area contributed by atoms with Crippen molar-refractivity contribution in [3.05, 3.63) is 12.7 Å². The van der Waals surface area contributed by atoms with Gasteiger partial charge in [0.25, 0.3) is 0 Å². The van der Waals surface area contributed by atoms with Crippen molar-refractivity contribution in [1.29, 1.82) is 5.26 Å². The van der Waals surface area contributed by atoms with Crippen LogP contribution >= 0.6 is 0 Å². The molecule has 0 saturated carbocycles. The SMILES string of the molecule is C=CCCN(C)CC(C)C#N. The van der Waals surface area contributed by atoms with E-state index in [1.807, 2.05) is 20.0 Å². The van der Waals surface area contributed by atoms with Crippen LogP contribution in [0.5, 0.6) is 0 Å². The Kier molecular flexibility index (Phi) is 5.50. The topological polar surface area (TPSA) is 27.0 Å². The summed E-state index contributed by atoms with van der Waals surface area (Å²) in [5, 5.41) is 8.51. The van der Waals surface area contributed by atoms with E-state index in [9.17, 15) is 0 Å². The predicted octanol–water partition coefficient (Wildman–Crippen LogP) is 1.65. The average molecular weight is 152 g/mol. The van der Waals surface area contributed by atoms with Crippen LogP contribution in [0.15, 0.2) is 12.7 Å². The molecule has 1 atom stereocenters. The first-order valence-electron chi connectivity index (χ1n) is 3.89. The van der Waals surface area contributed by atoms with Gasteiger partial charge in [0.1, 0.15) is 0 Å². The summed E-state index contributed by atoms with van der Waals surface area (Å²) in [6, 6.07) is 2.20. The quantitative estimate of drug-likeness (QED) is 0.560. The van der Waals surface area contributed by atoms with Gasteiger partial charge >= 0.3 is 0 Å². The third kappa shape index (κ3) is 5.63. The van der Waals surface area contributed by atoms with Crippen LogP contribution in [0.2, 0.25) is 0 Å². The highest BCUT2D eigenvalue weighted by molar-refractivity contribution is 4.81. The third-order valence-corrected chi connectivity index (χ3v) is 1.52. The molecule has 0 bridgehead atoms. The van der Waals surface area contributed by atoms with Gasteiger partial charge in [-0.3, -0.25) is 0 Å². The fourth-order valence-corrected chi connectivity index (χ4v) is 0.911. The lowest BCUT2D eigenvalue weighted by molar-refractivity contribution is 0.316. The Balaban J connectivity index is 3.44. The van der Waals surface area contributed by atoms with E-state index in [0.717, 1.165) is 19.5 Å². The monoisotopic (exact) mass is 152 g/mol. The maximum Gasteiger partial charge on any atom is 0.0666 e. The molecule has 2 nitrogen and oxygen atoms in total. The summed E-state index contributed by atoms with van der Waals surface area (Å²) in [6.07, 6.45) is 2.89. The van der Waals surface area contributed by atoms with Gasteiger partial charge < -0.3 is 4.90 Å². The molecule has 0 saturated heterocycles. The molecule has 0 N–H and O–H groups in total. The highest BCUT2D eigenvalue weighted by Crippen LogP contribution is 1.96. The Labute approximate surface area is 69.1 Å². The smallest absolute Gasteiger partial charge is 0.0666 e. The lowest BCUT2D eigenvalue weighted by atomic mass is 10.2. The van der Waals surface area contributed by atoms with Crippen molar-refractivity contribution in [2.24, 2.45) is 5.92 Å². The summed E-state index contributed by atoms with van der Waals surface area (Å²) in [4.78, 5) is 2.15. The molecule has 0 radical (unpaired) electrons. The Morgan fingerprint density at radius 2 is 2.36 bits per heavy atom. The Bertz CT molecular complexity index is 146. The number of nitriles is 1. The summed E-state index contributed by atoms with van der Waals surface area (Å²) >= 11 is 0. The molecule has 0 rings (SSSR count). The minimum absolute atomic E-state index is 0.129. The lowest BCUT2D eigenvalue weighted by Crippen LogP contribution is -2.24. The van der Waals surface area contributed by atoms with Crippen LogP contribution in [0.3, 0.4) is 0 Å². The molecule has 0 aliphatic rings. The number of nitrogens with zero attached hydrogens (tertiary/aromatic N) is 2. The zero-order valence-corrected chi connectivity index (χ0v) is 7.38. The van der Waals surface area contributed by atoms with Gasteiger partial charge in [-0.05, 0) is 20.4 Å². The second-order valence-electron chi connectivity index (χ2n) is 2.87. The van der Waals surface area contributed by atoms with Crippen molar-refractivity contribution in [2.75, 3.05) is 20.1 Å². The summed E-state index contributed by atoms with van der Waals surface area (Å²) in [7, 11) is 2.03. The van der Waals surface area contributed by atoms with Crippen molar-refractivity contribution in [2.45, 2.75) is 13.3 Å². The number of rotatable bonds is 5. The van der Waals surface area contributed by atoms with Gasteiger partial charge in [0.2, 0.25) is 0 Å². The molecule has 0 amide bonds. The van der Waals surface area contributed by atoms with E-state index in [1.165, 1.54) is 0 Å². The molecule has 0 aromatic heterocycles. The van der Waals surface area contributed by atoms with Crippen LogP contribution < -0.4 is 0 Å². The molecule has 0 aliphatic heterocycles. The van der Waals surface area contributed by atoms with Crippen LogP contribution in [0.25, 0.3) is 0 Å². The second-order valence-corrected chi connectivity index (χ2v) is 2.87. The minimum atomic E-state index is 0.129. The van der Waals surface area contributed by atoms with Gasteiger partial charge in [-0.25, -0.2) is 0 Å². The van der Waals surface area contributed by atoms with Crippen molar-refractivity contribution in [3.63, 3.8) is 0 Å². The highest BCUT2D eigenvalue weighted by atomic mass is 15.1. The zero-order chi connectivity index (χ0) is 8.69. The first-order valence-corrected chi connectivity index (χ1v) is 3.89. The van der Waals surface area contributed by atoms with Gasteiger partial charge in [0.15, 0.2) is 0 Å². The normalized spacial score (nSPS) is 12.5. The van der Waals surface area contributed by atoms with E-state index in [4.69, 9.17) is 5.26 Å². The summed E-state index contributed by atoms with van der Waals surface area (Å²) in [5.41, 5.74) is 0. The fraction of sp³-hybridized carbons (Fsp3) is 0.667. The van der Waals surface area contributed by atoms with Gasteiger partial charge in [-0.1, -0.05) is 6.08 Å². The fourth-order valence-electron chi connectivity index (χ4n) is 0.911. The predicted molar refractivity (Wildman–Crippen MR) is 47.1 cm³/mol. The summed E-state index contributed by atoms with van der Waals surface area (Å²) in [6.45, 7) is 7.42. The molecule has 0 aliphatic carbocycles. The first kappa shape index (κ1) is 10.2. The molecule has 0 aromatic rings. The summed E-state index contributed by atoms with van der Waals surface area (Å²) in [5.74, 6) is 0.129. The van der Waals surface area contributed by atoms with Crippen LogP contribution in [0.4, 0.5) is 0 Å². The standard InChI is InChI=1S/C9H16N2/c1-4-5-6-11(3)8-9(2)7-10/h4,9H,1,5-6,8H2,2-3H3. The molecular weight excluding hydrogens is 136 g/mol. The largest absolute Gasteiger partial charge is 0.305 e. The Hall–Kier alpha value is -0.810. The molecule has 11 heavy (non-hydrogen) atoms. The van der Waals surface area contributed by atoms with Crippen molar-refractivity contribution in [1.82, 2.24) is 4.90 Å². The van der Waals surface area contributed by atoms with E-state index in [2.05, 4.69) is 17.5 Å². The first-order chi connectivity index (χ1) is 5.20. The second kappa shape index (κ2) is 5.94. The van der Waals surface area contributed by atoms with Crippen LogP contribution in [0.1, 0.15) is 13.3 Å². The van der Waals surface area contributed by atoms with Crippen molar-refractivity contribution >= 4 is 0 Å². The van der Waals surface area contributed by atoms with E-state index in [-0.39, 0.29) is 5.92 Å². The maximum atomic E-state index is 8.51. The zero-order valence-electron chi connectivity index (χ0n) is 7.38. The number of hydrogen-bond donors (Lipinski definition) is 0. The van der Waals surface area contributed by atoms with E-state index >= 15 is 0 Å². The third-order valence-electron chi connectivity index (χ3n) is 1.52. The van der Waals surface area contributed by atoms with E-state index < -0.39 is 0 Å². The van der Waals surface area contributed by atoms with E-state index in [1.54, 1.807) is 0 Å². The maximum absolute atomic E-state index is 8.51. The molecular formula is C9H16N2. The molecule has 0 spiro atoms. The number of hydrogen-bond acceptors (Lipinski definition) is 2.